The molecule has 2 aliphatic heterocycles. The average molecular weight is 440 g/mol. The Hall–Kier alpha value is -1.26. The van der Waals surface area contributed by atoms with Crippen LogP contribution in [0, 0.1) is 0 Å². The third kappa shape index (κ3) is 5.91. The van der Waals surface area contributed by atoms with E-state index in [0.717, 1.165) is 0 Å². The second kappa shape index (κ2) is 10.9. The van der Waals surface area contributed by atoms with Gasteiger partial charge < -0.3 is 59.5 Å². The molecule has 13 heteroatoms. The van der Waals surface area contributed by atoms with E-state index in [4.69, 9.17) is 18.9 Å². The van der Waals surface area contributed by atoms with Crippen LogP contribution in [0.4, 0.5) is 0 Å². The van der Waals surface area contributed by atoms with Gasteiger partial charge in [-0.3, -0.25) is 4.79 Å². The van der Waals surface area contributed by atoms with Gasteiger partial charge in [0.2, 0.25) is 0 Å². The maximum Gasteiger partial charge on any atom is 0.306 e. The summed E-state index contributed by atoms with van der Waals surface area (Å²) in [6.45, 7) is 0.0483. The van der Waals surface area contributed by atoms with Crippen LogP contribution in [0.3, 0.4) is 0 Å². The average Bonchev–Trinajstić information content (AvgIpc) is 2.71. The number of hydrogen-bond donors (Lipinski definition) is 7. The fraction of sp³-hybridized carbons (Fsp3) is 0.882. The number of aliphatic hydroxyl groups is 7. The molecule has 13 nitrogen and oxygen atoms in total. The highest BCUT2D eigenvalue weighted by molar-refractivity contribution is 5.80. The maximum atomic E-state index is 11.6. The third-order valence-corrected chi connectivity index (χ3v) is 4.89. The zero-order chi connectivity index (χ0) is 22.6. The maximum absolute atomic E-state index is 11.6. The molecular formula is C17H28O13. The number of Topliss-reactive ketones (excluding diaryl/α,β-unsaturated/α-hetero) is 1. The fourth-order valence-corrected chi connectivity index (χ4v) is 3.08. The highest BCUT2D eigenvalue weighted by Crippen LogP contribution is 2.28. The summed E-state index contributed by atoms with van der Waals surface area (Å²) in [4.78, 5) is 22.6. The van der Waals surface area contributed by atoms with Crippen LogP contribution in [0.25, 0.3) is 0 Å². The monoisotopic (exact) mass is 440 g/mol. The Balaban J connectivity index is 2.02. The molecule has 10 atom stereocenters. The molecule has 0 radical (unpaired) electrons. The van der Waals surface area contributed by atoms with Gasteiger partial charge in [-0.15, -0.1) is 0 Å². The molecule has 2 aliphatic rings. The van der Waals surface area contributed by atoms with E-state index < -0.39 is 80.6 Å². The summed E-state index contributed by atoms with van der Waals surface area (Å²) in [6, 6.07) is 0. The van der Waals surface area contributed by atoms with Crippen molar-refractivity contribution in [1.82, 2.24) is 0 Å². The molecule has 0 aliphatic carbocycles. The molecule has 0 spiro atoms. The van der Waals surface area contributed by atoms with Crippen molar-refractivity contribution >= 4 is 11.8 Å². The molecule has 0 aromatic rings. The van der Waals surface area contributed by atoms with Crippen LogP contribution in [0.1, 0.15) is 19.8 Å². The molecule has 2 heterocycles. The molecule has 30 heavy (non-hydrogen) atoms. The summed E-state index contributed by atoms with van der Waals surface area (Å²) in [7, 11) is 0. The van der Waals surface area contributed by atoms with Crippen LogP contribution in [0.15, 0.2) is 0 Å². The lowest BCUT2D eigenvalue weighted by Gasteiger charge is -2.45. The fourth-order valence-electron chi connectivity index (χ4n) is 3.08. The van der Waals surface area contributed by atoms with Crippen LogP contribution in [-0.2, 0) is 28.5 Å². The number of aliphatic hydroxyl groups excluding tert-OH is 7. The van der Waals surface area contributed by atoms with Gasteiger partial charge in [0.1, 0.15) is 61.2 Å². The summed E-state index contributed by atoms with van der Waals surface area (Å²) in [6.07, 6.45) is -16.6. The first-order valence-corrected chi connectivity index (χ1v) is 9.37. The molecule has 0 aromatic carbocycles. The minimum absolute atomic E-state index is 0.0315. The zero-order valence-corrected chi connectivity index (χ0v) is 16.2. The second-order valence-electron chi connectivity index (χ2n) is 7.23. The van der Waals surface area contributed by atoms with Gasteiger partial charge in [0, 0.05) is 6.42 Å². The topological polar surface area (TPSA) is 213 Å². The van der Waals surface area contributed by atoms with Gasteiger partial charge in [-0.1, -0.05) is 0 Å². The van der Waals surface area contributed by atoms with E-state index in [-0.39, 0.29) is 18.6 Å². The molecule has 174 valence electrons. The Bertz CT molecular complexity index is 584. The number of esters is 1. The van der Waals surface area contributed by atoms with Gasteiger partial charge in [0.15, 0.2) is 12.6 Å². The van der Waals surface area contributed by atoms with Crippen LogP contribution in [0.5, 0.6) is 0 Å². The number of rotatable bonds is 8. The van der Waals surface area contributed by atoms with Gasteiger partial charge in [-0.25, -0.2) is 0 Å². The standard InChI is InChI=1S/C17H28O13/c1-6(19)2-3-9(20)27-5-8-10(21)11(22)14(25)17(29-8)30-15-7(4-18)28-16(26)13(24)12(15)23/h7-8,10-18,21-26H,2-5H2,1H3/t7-,8-,10+,11+,12-,13-,14-,15-,16-,17+/m1/s1. The Morgan fingerprint density at radius 1 is 0.833 bits per heavy atom. The van der Waals surface area contributed by atoms with Crippen molar-refractivity contribution in [2.45, 2.75) is 81.2 Å². The van der Waals surface area contributed by atoms with Gasteiger partial charge in [0.25, 0.3) is 0 Å². The van der Waals surface area contributed by atoms with Gasteiger partial charge in [-0.05, 0) is 6.92 Å². The van der Waals surface area contributed by atoms with Crippen LogP contribution < -0.4 is 0 Å². The van der Waals surface area contributed by atoms with Crippen molar-refractivity contribution in [3.8, 4) is 0 Å². The number of carbonyl (C=O) groups excluding carboxylic acids is 2. The lowest BCUT2D eigenvalue weighted by atomic mass is 9.97. The molecular weight excluding hydrogens is 412 g/mol. The van der Waals surface area contributed by atoms with Crippen molar-refractivity contribution < 1.29 is 64.3 Å². The molecule has 0 aromatic heterocycles. The summed E-state index contributed by atoms with van der Waals surface area (Å²) in [5.41, 5.74) is 0. The van der Waals surface area contributed by atoms with Crippen LogP contribution in [0.2, 0.25) is 0 Å². The second-order valence-corrected chi connectivity index (χ2v) is 7.23. The lowest BCUT2D eigenvalue weighted by Crippen LogP contribution is -2.64. The van der Waals surface area contributed by atoms with Crippen LogP contribution in [-0.4, -0.2) is 122 Å². The first-order chi connectivity index (χ1) is 14.1. The van der Waals surface area contributed by atoms with E-state index in [9.17, 15) is 45.3 Å². The number of carbonyl (C=O) groups is 2. The van der Waals surface area contributed by atoms with Crippen molar-refractivity contribution in [2.24, 2.45) is 0 Å². The molecule has 0 saturated carbocycles. The van der Waals surface area contributed by atoms with E-state index in [2.05, 4.69) is 0 Å². The zero-order valence-electron chi connectivity index (χ0n) is 16.2. The van der Waals surface area contributed by atoms with Crippen molar-refractivity contribution in [3.05, 3.63) is 0 Å². The highest BCUT2D eigenvalue weighted by Gasteiger charge is 2.50. The molecule has 0 amide bonds. The summed E-state index contributed by atoms with van der Waals surface area (Å²) >= 11 is 0. The van der Waals surface area contributed by atoms with Crippen molar-refractivity contribution in [1.29, 1.82) is 0 Å². The van der Waals surface area contributed by atoms with Crippen molar-refractivity contribution in [2.75, 3.05) is 13.2 Å². The molecule has 2 saturated heterocycles. The number of ketones is 1. The van der Waals surface area contributed by atoms with E-state index in [1.807, 2.05) is 0 Å². The van der Waals surface area contributed by atoms with E-state index in [0.29, 0.717) is 0 Å². The molecule has 7 N–H and O–H groups in total. The molecule has 0 bridgehead atoms. The smallest absolute Gasteiger partial charge is 0.306 e. The van der Waals surface area contributed by atoms with E-state index >= 15 is 0 Å². The first-order valence-electron chi connectivity index (χ1n) is 9.37. The molecule has 0 unspecified atom stereocenters. The van der Waals surface area contributed by atoms with Gasteiger partial charge in [-0.2, -0.15) is 0 Å². The summed E-state index contributed by atoms with van der Waals surface area (Å²) in [5.74, 6) is -0.959. The lowest BCUT2D eigenvalue weighted by molar-refractivity contribution is -0.355. The highest BCUT2D eigenvalue weighted by atomic mass is 16.7. The summed E-state index contributed by atoms with van der Waals surface area (Å²) < 4.78 is 20.6. The first kappa shape index (κ1) is 25.0. The Labute approximate surface area is 171 Å². The summed E-state index contributed by atoms with van der Waals surface area (Å²) in [5, 5.41) is 69.0. The Morgan fingerprint density at radius 2 is 1.50 bits per heavy atom. The SMILES string of the molecule is CC(=O)CCC(=O)OC[C@H]1O[C@@H](O[C@H]2[C@H](O)[C@@H](O)[C@H](O)O[C@@H]2CO)[C@H](O)[C@@H](O)[C@H]1O. The third-order valence-electron chi connectivity index (χ3n) is 4.89. The predicted molar refractivity (Wildman–Crippen MR) is 92.4 cm³/mol. The van der Waals surface area contributed by atoms with Gasteiger partial charge >= 0.3 is 5.97 Å². The minimum atomic E-state index is -1.81. The number of ether oxygens (including phenoxy) is 4. The normalized spacial score (nSPS) is 42.0. The predicted octanol–water partition coefficient (Wildman–Crippen LogP) is -4.48. The Kier molecular flexibility index (Phi) is 9.05. The number of hydrogen-bond acceptors (Lipinski definition) is 13. The largest absolute Gasteiger partial charge is 0.463 e. The van der Waals surface area contributed by atoms with E-state index in [1.54, 1.807) is 0 Å². The quantitative estimate of drug-likeness (QED) is 0.178. The van der Waals surface area contributed by atoms with Crippen molar-refractivity contribution in [3.63, 3.8) is 0 Å². The van der Waals surface area contributed by atoms with Crippen LogP contribution >= 0.6 is 0 Å². The van der Waals surface area contributed by atoms with Gasteiger partial charge in [0.05, 0.1) is 13.0 Å². The minimum Gasteiger partial charge on any atom is -0.463 e. The van der Waals surface area contributed by atoms with E-state index in [1.165, 1.54) is 6.92 Å². The molecule has 2 fully saturated rings. The molecule has 2 rings (SSSR count). The Morgan fingerprint density at radius 3 is 2.10 bits per heavy atom.